The first kappa shape index (κ1) is 9.08. The predicted octanol–water partition coefficient (Wildman–Crippen LogP) is -0.574. The molecular formula is C9H12N4O. The Morgan fingerprint density at radius 3 is 3.00 bits per heavy atom. The zero-order valence-electron chi connectivity index (χ0n) is 7.73. The highest BCUT2D eigenvalue weighted by molar-refractivity contribution is 5.91. The summed E-state index contributed by atoms with van der Waals surface area (Å²) in [5.74, 6) is 0.417. The first-order valence-corrected chi connectivity index (χ1v) is 4.61. The van der Waals surface area contributed by atoms with Crippen molar-refractivity contribution in [1.29, 1.82) is 0 Å². The molecule has 14 heavy (non-hydrogen) atoms. The van der Waals surface area contributed by atoms with E-state index < -0.39 is 0 Å². The molecule has 2 rings (SSSR count). The van der Waals surface area contributed by atoms with Gasteiger partial charge in [0.15, 0.2) is 0 Å². The van der Waals surface area contributed by atoms with Gasteiger partial charge in [0.25, 0.3) is 5.91 Å². The number of rotatable bonds is 3. The maximum absolute atomic E-state index is 11.5. The molecule has 74 valence electrons. The third-order valence-corrected chi connectivity index (χ3v) is 2.21. The van der Waals surface area contributed by atoms with E-state index in [1.165, 1.54) is 12.4 Å². The van der Waals surface area contributed by atoms with Crippen molar-refractivity contribution in [3.8, 4) is 0 Å². The van der Waals surface area contributed by atoms with E-state index in [9.17, 15) is 4.79 Å². The summed E-state index contributed by atoms with van der Waals surface area (Å²) in [6.07, 6.45) is 4.53. The van der Waals surface area contributed by atoms with E-state index in [0.717, 1.165) is 13.1 Å². The number of hydrogen-bond acceptors (Lipinski definition) is 4. The van der Waals surface area contributed by atoms with Crippen LogP contribution >= 0.6 is 0 Å². The monoisotopic (exact) mass is 192 g/mol. The lowest BCUT2D eigenvalue weighted by molar-refractivity contribution is 0.0937. The van der Waals surface area contributed by atoms with E-state index in [1.54, 1.807) is 6.20 Å². The van der Waals surface area contributed by atoms with E-state index in [-0.39, 0.29) is 5.91 Å². The summed E-state index contributed by atoms with van der Waals surface area (Å²) in [6, 6.07) is 0. The Balaban J connectivity index is 1.83. The number of nitrogens with zero attached hydrogens (tertiary/aromatic N) is 2. The SMILES string of the molecule is O=C(NCC1CNC1)c1cnccn1. The minimum Gasteiger partial charge on any atom is -0.350 e. The van der Waals surface area contributed by atoms with Gasteiger partial charge in [-0.3, -0.25) is 9.78 Å². The number of aromatic nitrogens is 2. The second-order valence-corrected chi connectivity index (χ2v) is 3.32. The summed E-state index contributed by atoms with van der Waals surface area (Å²) in [6.45, 7) is 2.68. The van der Waals surface area contributed by atoms with Gasteiger partial charge in [-0.05, 0) is 0 Å². The molecule has 0 bridgehead atoms. The molecule has 0 unspecified atom stereocenters. The highest BCUT2D eigenvalue weighted by atomic mass is 16.1. The number of carbonyl (C=O) groups excluding carboxylic acids is 1. The van der Waals surface area contributed by atoms with Crippen LogP contribution in [0.5, 0.6) is 0 Å². The van der Waals surface area contributed by atoms with Crippen LogP contribution in [0.15, 0.2) is 18.6 Å². The quantitative estimate of drug-likeness (QED) is 0.672. The third kappa shape index (κ3) is 2.05. The molecule has 5 heteroatoms. The van der Waals surface area contributed by atoms with Gasteiger partial charge in [-0.2, -0.15) is 0 Å². The van der Waals surface area contributed by atoms with Crippen molar-refractivity contribution < 1.29 is 4.79 Å². The number of carbonyl (C=O) groups is 1. The van der Waals surface area contributed by atoms with Crippen molar-refractivity contribution in [3.05, 3.63) is 24.3 Å². The largest absolute Gasteiger partial charge is 0.350 e. The van der Waals surface area contributed by atoms with E-state index in [4.69, 9.17) is 0 Å². The van der Waals surface area contributed by atoms with E-state index in [2.05, 4.69) is 20.6 Å². The summed E-state index contributed by atoms with van der Waals surface area (Å²) < 4.78 is 0. The van der Waals surface area contributed by atoms with Crippen molar-refractivity contribution >= 4 is 5.91 Å². The summed E-state index contributed by atoms with van der Waals surface area (Å²) in [7, 11) is 0. The Morgan fingerprint density at radius 1 is 1.57 bits per heavy atom. The average Bonchev–Trinajstić information content (AvgIpc) is 2.16. The summed E-state index contributed by atoms with van der Waals surface area (Å²) >= 11 is 0. The van der Waals surface area contributed by atoms with Gasteiger partial charge in [0.2, 0.25) is 0 Å². The van der Waals surface area contributed by atoms with Crippen LogP contribution in [0, 0.1) is 5.92 Å². The van der Waals surface area contributed by atoms with Crippen molar-refractivity contribution in [2.24, 2.45) is 5.92 Å². The first-order chi connectivity index (χ1) is 6.86. The van der Waals surface area contributed by atoms with E-state index in [0.29, 0.717) is 18.2 Å². The van der Waals surface area contributed by atoms with Crippen LogP contribution in [0.3, 0.4) is 0 Å². The molecule has 1 aromatic heterocycles. The minimum atomic E-state index is -0.148. The first-order valence-electron chi connectivity index (χ1n) is 4.61. The molecule has 0 radical (unpaired) electrons. The van der Waals surface area contributed by atoms with Gasteiger partial charge in [-0.15, -0.1) is 0 Å². The second kappa shape index (κ2) is 4.15. The lowest BCUT2D eigenvalue weighted by Crippen LogP contribution is -2.48. The van der Waals surface area contributed by atoms with Crippen LogP contribution in [0.1, 0.15) is 10.5 Å². The lowest BCUT2D eigenvalue weighted by Gasteiger charge is -2.26. The fourth-order valence-corrected chi connectivity index (χ4v) is 1.24. The van der Waals surface area contributed by atoms with Gasteiger partial charge in [-0.1, -0.05) is 0 Å². The smallest absolute Gasteiger partial charge is 0.271 e. The molecule has 0 atom stereocenters. The van der Waals surface area contributed by atoms with Gasteiger partial charge in [0, 0.05) is 37.9 Å². The predicted molar refractivity (Wildman–Crippen MR) is 50.7 cm³/mol. The van der Waals surface area contributed by atoms with Crippen molar-refractivity contribution in [3.63, 3.8) is 0 Å². The molecule has 1 saturated heterocycles. The van der Waals surface area contributed by atoms with Crippen LogP contribution in [0.25, 0.3) is 0 Å². The van der Waals surface area contributed by atoms with Gasteiger partial charge in [-0.25, -0.2) is 4.98 Å². The Morgan fingerprint density at radius 2 is 2.43 bits per heavy atom. The van der Waals surface area contributed by atoms with Crippen LogP contribution in [-0.2, 0) is 0 Å². The molecule has 1 amide bonds. The Kier molecular flexibility index (Phi) is 2.69. The second-order valence-electron chi connectivity index (χ2n) is 3.32. The molecule has 2 heterocycles. The number of hydrogen-bond donors (Lipinski definition) is 2. The van der Waals surface area contributed by atoms with Crippen LogP contribution < -0.4 is 10.6 Å². The van der Waals surface area contributed by atoms with Gasteiger partial charge < -0.3 is 10.6 Å². The molecule has 0 spiro atoms. The number of nitrogens with one attached hydrogen (secondary N) is 2. The highest BCUT2D eigenvalue weighted by Crippen LogP contribution is 2.00. The molecule has 1 aliphatic heterocycles. The molecule has 5 nitrogen and oxygen atoms in total. The maximum atomic E-state index is 11.5. The van der Waals surface area contributed by atoms with Gasteiger partial charge in [0.1, 0.15) is 5.69 Å². The molecule has 1 fully saturated rings. The fourth-order valence-electron chi connectivity index (χ4n) is 1.24. The Bertz CT molecular complexity index is 310. The summed E-state index contributed by atoms with van der Waals surface area (Å²) in [5, 5.41) is 5.96. The summed E-state index contributed by atoms with van der Waals surface area (Å²) in [4.78, 5) is 19.2. The maximum Gasteiger partial charge on any atom is 0.271 e. The minimum absolute atomic E-state index is 0.148. The van der Waals surface area contributed by atoms with Crippen LogP contribution in [0.2, 0.25) is 0 Å². The Hall–Kier alpha value is -1.49. The van der Waals surface area contributed by atoms with Gasteiger partial charge >= 0.3 is 0 Å². The fraction of sp³-hybridized carbons (Fsp3) is 0.444. The van der Waals surface area contributed by atoms with Crippen molar-refractivity contribution in [2.75, 3.05) is 19.6 Å². The number of amides is 1. The van der Waals surface area contributed by atoms with Crippen LogP contribution in [-0.4, -0.2) is 35.5 Å². The molecule has 0 saturated carbocycles. The highest BCUT2D eigenvalue weighted by Gasteiger charge is 2.17. The topological polar surface area (TPSA) is 66.9 Å². The van der Waals surface area contributed by atoms with Crippen molar-refractivity contribution in [2.45, 2.75) is 0 Å². The third-order valence-electron chi connectivity index (χ3n) is 2.21. The summed E-state index contributed by atoms with van der Waals surface area (Å²) in [5.41, 5.74) is 0.375. The zero-order chi connectivity index (χ0) is 9.80. The molecule has 2 N–H and O–H groups in total. The van der Waals surface area contributed by atoms with Crippen molar-refractivity contribution in [1.82, 2.24) is 20.6 Å². The Labute approximate surface area is 82.0 Å². The molecule has 1 aromatic rings. The normalized spacial score (nSPS) is 16.0. The molecule has 0 aliphatic carbocycles. The zero-order valence-corrected chi connectivity index (χ0v) is 7.73. The van der Waals surface area contributed by atoms with E-state index in [1.807, 2.05) is 0 Å². The average molecular weight is 192 g/mol. The molecule has 1 aliphatic rings. The van der Waals surface area contributed by atoms with E-state index >= 15 is 0 Å². The lowest BCUT2D eigenvalue weighted by atomic mass is 10.0. The molecule has 0 aromatic carbocycles. The van der Waals surface area contributed by atoms with Crippen LogP contribution in [0.4, 0.5) is 0 Å². The van der Waals surface area contributed by atoms with Gasteiger partial charge in [0.05, 0.1) is 6.20 Å². The standard InChI is InChI=1S/C9H12N4O/c14-9(8-6-10-1-2-12-8)13-5-7-3-11-4-7/h1-2,6-7,11H,3-5H2,(H,13,14). The molecular weight excluding hydrogens is 180 g/mol.